The van der Waals surface area contributed by atoms with Crippen LogP contribution in [0.25, 0.3) is 11.0 Å². The van der Waals surface area contributed by atoms with Gasteiger partial charge in [-0.1, -0.05) is 0 Å². The van der Waals surface area contributed by atoms with Gasteiger partial charge in [0.1, 0.15) is 5.65 Å². The van der Waals surface area contributed by atoms with E-state index in [1.807, 2.05) is 18.3 Å². The van der Waals surface area contributed by atoms with Gasteiger partial charge in [-0.25, -0.2) is 13.4 Å². The van der Waals surface area contributed by atoms with Crippen LogP contribution in [0.5, 0.6) is 0 Å². The van der Waals surface area contributed by atoms with Crippen molar-refractivity contribution in [3.8, 4) is 0 Å². The van der Waals surface area contributed by atoms with Gasteiger partial charge in [-0.05, 0) is 60.7 Å². The predicted molar refractivity (Wildman–Crippen MR) is 104 cm³/mol. The van der Waals surface area contributed by atoms with Crippen molar-refractivity contribution in [2.75, 3.05) is 13.1 Å². The number of piperidine rings is 1. The number of hydrogen-bond acceptors (Lipinski definition) is 4. The van der Waals surface area contributed by atoms with E-state index in [0.717, 1.165) is 36.0 Å². The monoisotopic (exact) mass is 419 g/mol. The molecule has 0 saturated carbocycles. The van der Waals surface area contributed by atoms with Crippen LogP contribution in [0, 0.1) is 0 Å². The zero-order valence-corrected chi connectivity index (χ0v) is 16.2. The van der Waals surface area contributed by atoms with E-state index in [-0.39, 0.29) is 11.5 Å². The molecule has 0 unspecified atom stereocenters. The summed E-state index contributed by atoms with van der Waals surface area (Å²) in [7, 11) is -4.66. The average molecular weight is 419 g/mol. The molecular formula is C20H19F2N3O3S. The van der Waals surface area contributed by atoms with E-state index < -0.39 is 20.5 Å². The number of aromatic nitrogens is 2. The first-order valence-electron chi connectivity index (χ1n) is 9.21. The van der Waals surface area contributed by atoms with Gasteiger partial charge in [0.05, 0.1) is 4.90 Å². The number of aromatic amines is 1. The number of amides is 1. The summed E-state index contributed by atoms with van der Waals surface area (Å²) in [5.41, 5.74) is 2.33. The number of halogens is 2. The number of hydrogen-bond donors (Lipinski definition) is 1. The summed E-state index contributed by atoms with van der Waals surface area (Å²) in [6, 6.07) is 8.61. The lowest BCUT2D eigenvalue weighted by atomic mass is 9.89. The molecule has 1 fully saturated rings. The number of carbonyl (C=O) groups excluding carboxylic acids is 1. The number of sulfone groups is 1. The SMILES string of the molecule is O=C(c1ccc(S(=O)(=O)C(F)F)cc1)N1CCC(c2c[nH]c3ncccc23)CC1. The fraction of sp³-hybridized carbons (Fsp3) is 0.300. The summed E-state index contributed by atoms with van der Waals surface area (Å²) in [6.07, 6.45) is 5.31. The molecular weight excluding hydrogens is 400 g/mol. The van der Waals surface area contributed by atoms with E-state index in [4.69, 9.17) is 0 Å². The first-order chi connectivity index (χ1) is 13.9. The molecule has 0 bridgehead atoms. The van der Waals surface area contributed by atoms with E-state index in [1.54, 1.807) is 11.1 Å². The number of benzene rings is 1. The van der Waals surface area contributed by atoms with Crippen LogP contribution >= 0.6 is 0 Å². The Labute approximate surface area is 166 Å². The molecule has 0 spiro atoms. The van der Waals surface area contributed by atoms with Crippen LogP contribution in [0.1, 0.15) is 34.7 Å². The lowest BCUT2D eigenvalue weighted by Gasteiger charge is -2.32. The topological polar surface area (TPSA) is 83.1 Å². The van der Waals surface area contributed by atoms with Gasteiger partial charge in [0.15, 0.2) is 0 Å². The molecule has 1 aliphatic heterocycles. The Balaban J connectivity index is 1.44. The highest BCUT2D eigenvalue weighted by molar-refractivity contribution is 7.91. The van der Waals surface area contributed by atoms with Crippen molar-refractivity contribution < 1.29 is 22.0 Å². The Morgan fingerprint density at radius 1 is 1.14 bits per heavy atom. The minimum atomic E-state index is -4.66. The van der Waals surface area contributed by atoms with Gasteiger partial charge in [0.2, 0.25) is 9.84 Å². The Hall–Kier alpha value is -2.81. The molecule has 0 atom stereocenters. The van der Waals surface area contributed by atoms with E-state index in [9.17, 15) is 22.0 Å². The van der Waals surface area contributed by atoms with E-state index in [2.05, 4.69) is 9.97 Å². The van der Waals surface area contributed by atoms with Gasteiger partial charge in [-0.3, -0.25) is 4.79 Å². The molecule has 29 heavy (non-hydrogen) atoms. The maximum atomic E-state index is 12.7. The normalized spacial score (nSPS) is 15.9. The smallest absolute Gasteiger partial charge is 0.341 e. The molecule has 1 saturated heterocycles. The second-order valence-electron chi connectivity index (χ2n) is 7.04. The van der Waals surface area contributed by atoms with Crippen molar-refractivity contribution in [1.29, 1.82) is 0 Å². The Morgan fingerprint density at radius 3 is 2.48 bits per heavy atom. The number of rotatable bonds is 4. The molecule has 3 heterocycles. The zero-order chi connectivity index (χ0) is 20.6. The predicted octanol–water partition coefficient (Wildman–Crippen LogP) is 3.58. The van der Waals surface area contributed by atoms with Gasteiger partial charge in [-0.15, -0.1) is 0 Å². The first-order valence-corrected chi connectivity index (χ1v) is 10.8. The molecule has 9 heteroatoms. The van der Waals surface area contributed by atoms with Crippen molar-refractivity contribution in [3.05, 3.63) is 59.9 Å². The van der Waals surface area contributed by atoms with Crippen LogP contribution in [0.2, 0.25) is 0 Å². The fourth-order valence-corrected chi connectivity index (χ4v) is 4.50. The van der Waals surface area contributed by atoms with Crippen molar-refractivity contribution in [2.45, 2.75) is 29.4 Å². The van der Waals surface area contributed by atoms with E-state index in [1.165, 1.54) is 17.7 Å². The summed E-state index contributed by atoms with van der Waals surface area (Å²) >= 11 is 0. The molecule has 1 amide bonds. The number of likely N-dealkylation sites (tertiary alicyclic amines) is 1. The molecule has 0 aliphatic carbocycles. The van der Waals surface area contributed by atoms with Crippen LogP contribution in [0.4, 0.5) is 8.78 Å². The number of alkyl halides is 2. The summed E-state index contributed by atoms with van der Waals surface area (Å²) in [5, 5.41) is 1.09. The lowest BCUT2D eigenvalue weighted by Crippen LogP contribution is -2.37. The number of pyridine rings is 1. The third kappa shape index (κ3) is 3.62. The maximum Gasteiger partial charge on any atom is 0.341 e. The van der Waals surface area contributed by atoms with Gasteiger partial charge in [0, 0.05) is 36.4 Å². The maximum absolute atomic E-state index is 12.7. The quantitative estimate of drug-likeness (QED) is 0.701. The highest BCUT2D eigenvalue weighted by Gasteiger charge is 2.28. The molecule has 1 aromatic carbocycles. The summed E-state index contributed by atoms with van der Waals surface area (Å²) in [6.45, 7) is 1.13. The van der Waals surface area contributed by atoms with Crippen LogP contribution in [0.15, 0.2) is 53.7 Å². The highest BCUT2D eigenvalue weighted by atomic mass is 32.2. The van der Waals surface area contributed by atoms with Crippen LogP contribution in [-0.2, 0) is 9.84 Å². The van der Waals surface area contributed by atoms with E-state index in [0.29, 0.717) is 19.0 Å². The molecule has 4 rings (SSSR count). The number of H-pyrrole nitrogens is 1. The molecule has 3 aromatic rings. The molecule has 0 radical (unpaired) electrons. The fourth-order valence-electron chi connectivity index (χ4n) is 3.78. The molecule has 152 valence electrons. The second kappa shape index (κ2) is 7.55. The number of carbonyl (C=O) groups is 1. The molecule has 2 aromatic heterocycles. The Morgan fingerprint density at radius 2 is 1.83 bits per heavy atom. The van der Waals surface area contributed by atoms with Crippen molar-refractivity contribution in [1.82, 2.24) is 14.9 Å². The lowest BCUT2D eigenvalue weighted by molar-refractivity contribution is 0.0713. The number of nitrogens with zero attached hydrogens (tertiary/aromatic N) is 2. The Kier molecular flexibility index (Phi) is 5.08. The third-order valence-corrected chi connectivity index (χ3v) is 6.77. The largest absolute Gasteiger partial charge is 0.346 e. The molecule has 1 aliphatic rings. The van der Waals surface area contributed by atoms with Crippen molar-refractivity contribution in [2.24, 2.45) is 0 Å². The minimum absolute atomic E-state index is 0.231. The molecule has 6 nitrogen and oxygen atoms in total. The van der Waals surface area contributed by atoms with Gasteiger partial charge >= 0.3 is 5.76 Å². The van der Waals surface area contributed by atoms with Crippen LogP contribution < -0.4 is 0 Å². The van der Waals surface area contributed by atoms with Crippen molar-refractivity contribution in [3.63, 3.8) is 0 Å². The summed E-state index contributed by atoms with van der Waals surface area (Å²) < 4.78 is 48.3. The average Bonchev–Trinajstić information content (AvgIpc) is 3.17. The first kappa shape index (κ1) is 19.5. The van der Waals surface area contributed by atoms with E-state index >= 15 is 0 Å². The van der Waals surface area contributed by atoms with Crippen LogP contribution in [-0.4, -0.2) is 48.0 Å². The van der Waals surface area contributed by atoms with Crippen molar-refractivity contribution >= 4 is 26.8 Å². The van der Waals surface area contributed by atoms with Gasteiger partial charge in [0.25, 0.3) is 5.91 Å². The standard InChI is InChI=1S/C20H19F2N3O3S/c21-20(22)29(27,28)15-5-3-14(4-6-15)19(26)25-10-7-13(8-11-25)17-12-24-18-16(17)2-1-9-23-18/h1-6,9,12-13,20H,7-8,10-11H2,(H,23,24). The third-order valence-electron chi connectivity index (χ3n) is 5.37. The highest BCUT2D eigenvalue weighted by Crippen LogP contribution is 2.33. The molecule has 1 N–H and O–H groups in total. The second-order valence-corrected chi connectivity index (χ2v) is 8.96. The van der Waals surface area contributed by atoms with Gasteiger partial charge in [-0.2, -0.15) is 8.78 Å². The Bertz CT molecular complexity index is 1140. The number of nitrogens with one attached hydrogen (secondary N) is 1. The van der Waals surface area contributed by atoms with Gasteiger partial charge < -0.3 is 9.88 Å². The summed E-state index contributed by atoms with van der Waals surface area (Å²) in [4.78, 5) is 21.4. The summed E-state index contributed by atoms with van der Waals surface area (Å²) in [5.74, 6) is -3.40. The minimum Gasteiger partial charge on any atom is -0.346 e. The van der Waals surface area contributed by atoms with Crippen LogP contribution in [0.3, 0.4) is 0 Å². The zero-order valence-electron chi connectivity index (χ0n) is 15.4. The number of fused-ring (bicyclic) bond motifs is 1.